The number of aryl methyl sites for hydroxylation is 3. The van der Waals surface area contributed by atoms with Crippen LogP contribution in [-0.4, -0.2) is 21.1 Å². The normalized spacial score (nSPS) is 11.2. The largest absolute Gasteiger partial charge is 0.335 e. The van der Waals surface area contributed by atoms with E-state index in [0.717, 1.165) is 30.0 Å². The topological polar surface area (TPSA) is 56.7 Å². The first-order valence-corrected chi connectivity index (χ1v) is 5.68. The number of fused-ring (bicyclic) bond motifs is 1. The van der Waals surface area contributed by atoms with Crippen LogP contribution in [0.2, 0.25) is 0 Å². The Hall–Kier alpha value is -1.42. The van der Waals surface area contributed by atoms with Crippen LogP contribution in [0.3, 0.4) is 0 Å². The van der Waals surface area contributed by atoms with Gasteiger partial charge in [-0.1, -0.05) is 6.92 Å². The highest BCUT2D eigenvalue weighted by atomic mass is 15.0. The molecule has 2 N–H and O–H groups in total. The van der Waals surface area contributed by atoms with Crippen LogP contribution in [0.25, 0.3) is 11.0 Å². The maximum atomic E-state index is 5.63. The first kappa shape index (κ1) is 11.1. The van der Waals surface area contributed by atoms with Crippen molar-refractivity contribution < 1.29 is 0 Å². The molecular formula is C12H18N4. The van der Waals surface area contributed by atoms with Crippen molar-refractivity contribution in [2.75, 3.05) is 6.54 Å². The maximum absolute atomic E-state index is 5.63. The molecule has 0 unspecified atom stereocenters. The molecule has 0 aliphatic heterocycles. The molecule has 2 aromatic rings. The molecule has 4 nitrogen and oxygen atoms in total. The summed E-state index contributed by atoms with van der Waals surface area (Å²) in [4.78, 5) is 9.01. The van der Waals surface area contributed by atoms with Crippen molar-refractivity contribution in [2.24, 2.45) is 12.8 Å². The van der Waals surface area contributed by atoms with Crippen molar-refractivity contribution in [1.82, 2.24) is 14.5 Å². The molecule has 0 amide bonds. The highest BCUT2D eigenvalue weighted by Gasteiger charge is 2.12. The quantitative estimate of drug-likeness (QED) is 0.845. The van der Waals surface area contributed by atoms with Crippen LogP contribution >= 0.6 is 0 Å². The van der Waals surface area contributed by atoms with Crippen LogP contribution in [0.5, 0.6) is 0 Å². The summed E-state index contributed by atoms with van der Waals surface area (Å²) in [5.74, 6) is 0.838. The molecule has 0 aromatic carbocycles. The fourth-order valence-electron chi connectivity index (χ4n) is 2.16. The molecule has 2 heterocycles. The van der Waals surface area contributed by atoms with Gasteiger partial charge in [0.2, 0.25) is 0 Å². The van der Waals surface area contributed by atoms with Gasteiger partial charge in [0.1, 0.15) is 11.5 Å². The van der Waals surface area contributed by atoms with Gasteiger partial charge in [0.25, 0.3) is 0 Å². The van der Waals surface area contributed by atoms with E-state index in [1.54, 1.807) is 0 Å². The molecule has 0 atom stereocenters. The van der Waals surface area contributed by atoms with Crippen LogP contribution in [0.15, 0.2) is 6.20 Å². The number of nitrogens with two attached hydrogens (primary N) is 1. The molecule has 86 valence electrons. The van der Waals surface area contributed by atoms with Crippen LogP contribution in [0.4, 0.5) is 0 Å². The third-order valence-electron chi connectivity index (χ3n) is 2.83. The molecule has 2 aromatic heterocycles. The van der Waals surface area contributed by atoms with Crippen molar-refractivity contribution in [3.05, 3.63) is 23.3 Å². The van der Waals surface area contributed by atoms with Crippen LogP contribution in [0, 0.1) is 6.92 Å². The average molecular weight is 218 g/mol. The van der Waals surface area contributed by atoms with E-state index in [9.17, 15) is 0 Å². The summed E-state index contributed by atoms with van der Waals surface area (Å²) in [6.07, 6.45) is 3.93. The number of hydrogen-bond acceptors (Lipinski definition) is 3. The van der Waals surface area contributed by atoms with E-state index in [1.807, 2.05) is 14.0 Å². The summed E-state index contributed by atoms with van der Waals surface area (Å²) >= 11 is 0. The van der Waals surface area contributed by atoms with E-state index in [-0.39, 0.29) is 0 Å². The van der Waals surface area contributed by atoms with E-state index in [0.29, 0.717) is 6.54 Å². The van der Waals surface area contributed by atoms with Gasteiger partial charge in [0, 0.05) is 18.6 Å². The minimum atomic E-state index is 0.663. The fourth-order valence-corrected chi connectivity index (χ4v) is 2.16. The molecule has 0 bridgehead atoms. The molecule has 0 radical (unpaired) electrons. The molecule has 4 heteroatoms. The van der Waals surface area contributed by atoms with Gasteiger partial charge in [0.15, 0.2) is 0 Å². The molecular weight excluding hydrogens is 200 g/mol. The summed E-state index contributed by atoms with van der Waals surface area (Å²) in [5, 5.41) is 1.20. The van der Waals surface area contributed by atoms with Gasteiger partial charge >= 0.3 is 0 Å². The molecule has 2 rings (SSSR count). The van der Waals surface area contributed by atoms with Gasteiger partial charge in [0.05, 0.1) is 5.69 Å². The predicted molar refractivity (Wildman–Crippen MR) is 65.4 cm³/mol. The van der Waals surface area contributed by atoms with E-state index in [2.05, 4.69) is 27.7 Å². The molecule has 0 spiro atoms. The van der Waals surface area contributed by atoms with E-state index >= 15 is 0 Å². The molecule has 0 saturated heterocycles. The zero-order valence-electron chi connectivity index (χ0n) is 10.1. The van der Waals surface area contributed by atoms with Gasteiger partial charge in [-0.2, -0.15) is 0 Å². The molecule has 0 fully saturated rings. The maximum Gasteiger partial charge on any atom is 0.143 e. The standard InChI is InChI=1S/C12H18N4/c1-4-10-11-9(5-6-13)7-16(3)12(11)15-8(2)14-10/h7H,4-6,13H2,1-3H3. The lowest BCUT2D eigenvalue weighted by Crippen LogP contribution is -2.03. The van der Waals surface area contributed by atoms with Crippen LogP contribution in [-0.2, 0) is 19.9 Å². The summed E-state index contributed by atoms with van der Waals surface area (Å²) < 4.78 is 2.06. The minimum absolute atomic E-state index is 0.663. The zero-order chi connectivity index (χ0) is 11.7. The monoisotopic (exact) mass is 218 g/mol. The van der Waals surface area contributed by atoms with Gasteiger partial charge < -0.3 is 10.3 Å². The van der Waals surface area contributed by atoms with Gasteiger partial charge in [-0.3, -0.25) is 0 Å². The lowest BCUT2D eigenvalue weighted by atomic mass is 10.1. The average Bonchev–Trinajstić information content (AvgIpc) is 2.55. The first-order chi connectivity index (χ1) is 7.67. The smallest absolute Gasteiger partial charge is 0.143 e. The van der Waals surface area contributed by atoms with Crippen molar-refractivity contribution >= 4 is 11.0 Å². The Bertz CT molecular complexity index is 513. The summed E-state index contributed by atoms with van der Waals surface area (Å²) in [6, 6.07) is 0. The second-order valence-electron chi connectivity index (χ2n) is 4.07. The Kier molecular flexibility index (Phi) is 2.92. The highest BCUT2D eigenvalue weighted by molar-refractivity contribution is 5.83. The van der Waals surface area contributed by atoms with Crippen LogP contribution < -0.4 is 5.73 Å². The lowest BCUT2D eigenvalue weighted by molar-refractivity contribution is 0.908. The van der Waals surface area contributed by atoms with E-state index in [1.165, 1.54) is 10.9 Å². The molecule has 0 aliphatic rings. The van der Waals surface area contributed by atoms with Crippen molar-refractivity contribution in [3.8, 4) is 0 Å². The Morgan fingerprint density at radius 3 is 2.75 bits per heavy atom. The third kappa shape index (κ3) is 1.69. The van der Waals surface area contributed by atoms with Gasteiger partial charge in [-0.15, -0.1) is 0 Å². The second kappa shape index (κ2) is 4.22. The molecule has 16 heavy (non-hydrogen) atoms. The number of rotatable bonds is 3. The highest BCUT2D eigenvalue weighted by Crippen LogP contribution is 2.22. The number of aromatic nitrogens is 3. The lowest BCUT2D eigenvalue weighted by Gasteiger charge is -2.03. The van der Waals surface area contributed by atoms with Gasteiger partial charge in [-0.25, -0.2) is 9.97 Å². The van der Waals surface area contributed by atoms with E-state index < -0.39 is 0 Å². The summed E-state index contributed by atoms with van der Waals surface area (Å²) in [5.41, 5.74) is 9.05. The SMILES string of the molecule is CCc1nc(C)nc2c1c(CCN)cn2C. The fraction of sp³-hybridized carbons (Fsp3) is 0.500. The Balaban J connectivity index is 2.75. The molecule has 0 aliphatic carbocycles. The van der Waals surface area contributed by atoms with Crippen LogP contribution in [0.1, 0.15) is 24.0 Å². The Morgan fingerprint density at radius 2 is 2.12 bits per heavy atom. The number of hydrogen-bond donors (Lipinski definition) is 1. The Morgan fingerprint density at radius 1 is 1.38 bits per heavy atom. The number of nitrogens with zero attached hydrogens (tertiary/aromatic N) is 3. The summed E-state index contributed by atoms with van der Waals surface area (Å²) in [7, 11) is 2.02. The van der Waals surface area contributed by atoms with E-state index in [4.69, 9.17) is 5.73 Å². The second-order valence-corrected chi connectivity index (χ2v) is 4.07. The minimum Gasteiger partial charge on any atom is -0.335 e. The first-order valence-electron chi connectivity index (χ1n) is 5.68. The predicted octanol–water partition coefficient (Wildman–Crippen LogP) is 1.34. The van der Waals surface area contributed by atoms with Crippen molar-refractivity contribution in [2.45, 2.75) is 26.7 Å². The summed E-state index contributed by atoms with van der Waals surface area (Å²) in [6.45, 7) is 4.73. The zero-order valence-corrected chi connectivity index (χ0v) is 10.1. The Labute approximate surface area is 95.5 Å². The third-order valence-corrected chi connectivity index (χ3v) is 2.83. The molecule has 0 saturated carbocycles. The van der Waals surface area contributed by atoms with Crippen molar-refractivity contribution in [1.29, 1.82) is 0 Å². The van der Waals surface area contributed by atoms with Crippen molar-refractivity contribution in [3.63, 3.8) is 0 Å². The van der Waals surface area contributed by atoms with Gasteiger partial charge in [-0.05, 0) is 31.9 Å².